The van der Waals surface area contributed by atoms with Gasteiger partial charge in [-0.05, 0) is 58.1 Å². The Labute approximate surface area is 158 Å². The maximum atomic E-state index is 13.6. The van der Waals surface area contributed by atoms with E-state index < -0.39 is 5.79 Å². The first kappa shape index (κ1) is 20.5. The van der Waals surface area contributed by atoms with E-state index in [1.165, 1.54) is 16.3 Å². The summed E-state index contributed by atoms with van der Waals surface area (Å²) in [5.74, 6) is -1.28. The average Bonchev–Trinajstić information content (AvgIpc) is 3.12. The number of allylic oxidation sites excluding steroid dienone is 5. The Morgan fingerprint density at radius 2 is 1.92 bits per heavy atom. The Bertz CT molecular complexity index is 671. The van der Waals surface area contributed by atoms with Gasteiger partial charge >= 0.3 is 0 Å². The van der Waals surface area contributed by atoms with Crippen molar-refractivity contribution in [1.29, 1.82) is 0 Å². The lowest BCUT2D eigenvalue weighted by Gasteiger charge is -2.48. The Kier molecular flexibility index (Phi) is 5.86. The number of hydrazine groups is 1. The van der Waals surface area contributed by atoms with Crippen molar-refractivity contribution >= 4 is 0 Å². The topological polar surface area (TPSA) is 18.3 Å². The largest absolute Gasteiger partial charge is 0.344 e. The van der Waals surface area contributed by atoms with Crippen LogP contribution in [0, 0.1) is 0 Å². The zero-order valence-corrected chi connectivity index (χ0v) is 17.1. The van der Waals surface area contributed by atoms with Gasteiger partial charge in [-0.25, -0.2) is 4.39 Å². The van der Waals surface area contributed by atoms with Crippen molar-refractivity contribution in [2.24, 2.45) is 0 Å². The third-order valence-corrected chi connectivity index (χ3v) is 5.49. The van der Waals surface area contributed by atoms with E-state index in [1.807, 2.05) is 6.08 Å². The smallest absolute Gasteiger partial charge is 0.192 e. The van der Waals surface area contributed by atoms with Gasteiger partial charge in [0.05, 0.1) is 6.54 Å². The highest BCUT2D eigenvalue weighted by atomic mass is 19.1. The molecule has 0 aromatic carbocycles. The number of halogens is 1. The van der Waals surface area contributed by atoms with Crippen LogP contribution in [0.5, 0.6) is 0 Å². The third-order valence-electron chi connectivity index (χ3n) is 5.49. The van der Waals surface area contributed by atoms with E-state index in [1.54, 1.807) is 6.92 Å². The van der Waals surface area contributed by atoms with Crippen molar-refractivity contribution in [3.05, 3.63) is 60.1 Å². The molecule has 1 N–H and O–H groups in total. The van der Waals surface area contributed by atoms with Crippen LogP contribution < -0.4 is 5.43 Å². The van der Waals surface area contributed by atoms with Crippen LogP contribution in [-0.4, -0.2) is 27.8 Å². The minimum absolute atomic E-state index is 0.134. The summed E-state index contributed by atoms with van der Waals surface area (Å²) in [5, 5.41) is 1.51. The lowest BCUT2D eigenvalue weighted by Crippen LogP contribution is -2.46. The van der Waals surface area contributed by atoms with Gasteiger partial charge in [-0.2, -0.15) is 5.01 Å². The van der Waals surface area contributed by atoms with Crippen LogP contribution in [0.4, 0.5) is 4.39 Å². The third kappa shape index (κ3) is 4.29. The van der Waals surface area contributed by atoms with Crippen LogP contribution in [0.1, 0.15) is 60.3 Å². The SMILES string of the molecule is C=C(/C=C\C1=C(C)N(C(=C)C)C(C)(CCC)CC1)C(=C)NN1CC1(C)F. The standard InChI is InChI=1S/C22H34FN3/c1-9-13-21(7)14-12-20(19(6)26(21)16(2)3)11-10-17(4)18(5)24-25-15-22(25,8)23/h10-11,24H,2,4-5,9,12-15H2,1,3,6-8H3/b11-10-. The molecule has 3 nitrogen and oxygen atoms in total. The molecule has 2 heterocycles. The molecule has 3 atom stereocenters. The highest BCUT2D eigenvalue weighted by Gasteiger charge is 2.49. The molecule has 0 aromatic rings. The maximum Gasteiger partial charge on any atom is 0.192 e. The Morgan fingerprint density at radius 3 is 2.42 bits per heavy atom. The van der Waals surface area contributed by atoms with E-state index in [0.717, 1.165) is 37.0 Å². The van der Waals surface area contributed by atoms with E-state index in [-0.39, 0.29) is 5.54 Å². The van der Waals surface area contributed by atoms with Gasteiger partial charge in [0, 0.05) is 22.6 Å². The van der Waals surface area contributed by atoms with Gasteiger partial charge in [-0.1, -0.05) is 45.2 Å². The molecule has 0 radical (unpaired) electrons. The summed E-state index contributed by atoms with van der Waals surface area (Å²) in [6.45, 7) is 22.9. The van der Waals surface area contributed by atoms with Gasteiger partial charge in [-0.3, -0.25) is 0 Å². The molecule has 0 bridgehead atoms. The zero-order valence-electron chi connectivity index (χ0n) is 17.1. The van der Waals surface area contributed by atoms with E-state index in [2.05, 4.69) is 63.8 Å². The lowest BCUT2D eigenvalue weighted by molar-refractivity contribution is 0.148. The van der Waals surface area contributed by atoms with Crippen molar-refractivity contribution in [3.63, 3.8) is 0 Å². The summed E-state index contributed by atoms with van der Waals surface area (Å²) in [7, 11) is 0. The van der Waals surface area contributed by atoms with Crippen molar-refractivity contribution in [2.45, 2.75) is 71.6 Å². The Hall–Kier alpha value is -1.81. The second-order valence-corrected chi connectivity index (χ2v) is 8.11. The summed E-state index contributed by atoms with van der Waals surface area (Å²) in [6, 6.07) is 0. The number of nitrogens with one attached hydrogen (secondary N) is 1. The number of hydrogen-bond acceptors (Lipinski definition) is 3. The molecule has 4 heteroatoms. The predicted molar refractivity (Wildman–Crippen MR) is 109 cm³/mol. The first-order valence-corrected chi connectivity index (χ1v) is 9.47. The van der Waals surface area contributed by atoms with E-state index in [0.29, 0.717) is 12.2 Å². The van der Waals surface area contributed by atoms with Gasteiger partial charge < -0.3 is 10.3 Å². The highest BCUT2D eigenvalue weighted by Crippen LogP contribution is 2.40. The normalized spacial score (nSPS) is 31.3. The van der Waals surface area contributed by atoms with E-state index in [4.69, 9.17) is 0 Å². The van der Waals surface area contributed by atoms with Crippen LogP contribution in [0.15, 0.2) is 60.1 Å². The second-order valence-electron chi connectivity index (χ2n) is 8.11. The molecule has 1 fully saturated rings. The molecule has 3 unspecified atom stereocenters. The summed E-state index contributed by atoms with van der Waals surface area (Å²) in [6.07, 6.45) is 8.52. The predicted octanol–water partition coefficient (Wildman–Crippen LogP) is 5.58. The van der Waals surface area contributed by atoms with Crippen LogP contribution in [-0.2, 0) is 0 Å². The second kappa shape index (κ2) is 7.43. The summed E-state index contributed by atoms with van der Waals surface area (Å²) < 4.78 is 13.6. The molecule has 26 heavy (non-hydrogen) atoms. The number of alkyl halides is 1. The summed E-state index contributed by atoms with van der Waals surface area (Å²) >= 11 is 0. The molecule has 1 saturated heterocycles. The number of rotatable bonds is 8. The molecule has 2 rings (SSSR count). The fraction of sp³-hybridized carbons (Fsp3) is 0.545. The van der Waals surface area contributed by atoms with Gasteiger partial charge in [0.25, 0.3) is 0 Å². The van der Waals surface area contributed by atoms with Gasteiger partial charge in [0.15, 0.2) is 5.79 Å². The molecule has 0 spiro atoms. The maximum absolute atomic E-state index is 13.6. The molecule has 0 aliphatic carbocycles. The quantitative estimate of drug-likeness (QED) is 0.347. The molecular weight excluding hydrogens is 325 g/mol. The molecule has 2 aliphatic heterocycles. The monoisotopic (exact) mass is 359 g/mol. The van der Waals surface area contributed by atoms with Crippen molar-refractivity contribution < 1.29 is 4.39 Å². The minimum atomic E-state index is -1.28. The lowest BCUT2D eigenvalue weighted by atomic mass is 9.82. The zero-order chi connectivity index (χ0) is 19.7. The number of nitrogens with zero attached hydrogens (tertiary/aromatic N) is 2. The van der Waals surface area contributed by atoms with E-state index in [9.17, 15) is 4.39 Å². The van der Waals surface area contributed by atoms with Gasteiger partial charge in [0.1, 0.15) is 0 Å². The Morgan fingerprint density at radius 1 is 1.31 bits per heavy atom. The molecular formula is C22H34FN3. The Balaban J connectivity index is 2.11. The molecule has 0 amide bonds. The molecule has 0 aromatic heterocycles. The summed E-state index contributed by atoms with van der Waals surface area (Å²) in [5.41, 5.74) is 8.12. The minimum Gasteiger partial charge on any atom is -0.344 e. The first-order chi connectivity index (χ1) is 12.0. The van der Waals surface area contributed by atoms with Gasteiger partial charge in [-0.15, -0.1) is 0 Å². The number of hydrogen-bond donors (Lipinski definition) is 1. The van der Waals surface area contributed by atoms with E-state index >= 15 is 0 Å². The first-order valence-electron chi connectivity index (χ1n) is 9.47. The fourth-order valence-corrected chi connectivity index (χ4v) is 3.92. The highest BCUT2D eigenvalue weighted by molar-refractivity contribution is 5.40. The molecule has 144 valence electrons. The van der Waals surface area contributed by atoms with Crippen LogP contribution in [0.25, 0.3) is 0 Å². The average molecular weight is 360 g/mol. The van der Waals surface area contributed by atoms with Gasteiger partial charge in [0.2, 0.25) is 0 Å². The van der Waals surface area contributed by atoms with Crippen molar-refractivity contribution in [1.82, 2.24) is 15.3 Å². The van der Waals surface area contributed by atoms with Crippen molar-refractivity contribution in [3.8, 4) is 0 Å². The van der Waals surface area contributed by atoms with Crippen molar-refractivity contribution in [2.75, 3.05) is 6.54 Å². The fourth-order valence-electron chi connectivity index (χ4n) is 3.92. The summed E-state index contributed by atoms with van der Waals surface area (Å²) in [4.78, 5) is 2.39. The van der Waals surface area contributed by atoms with Crippen LogP contribution in [0.2, 0.25) is 0 Å². The molecule has 0 saturated carbocycles. The van der Waals surface area contributed by atoms with Crippen LogP contribution >= 0.6 is 0 Å². The molecule has 2 aliphatic rings. The van der Waals surface area contributed by atoms with Crippen LogP contribution in [0.3, 0.4) is 0 Å².